The van der Waals surface area contributed by atoms with E-state index in [1.807, 2.05) is 12.1 Å². The summed E-state index contributed by atoms with van der Waals surface area (Å²) in [5.74, 6) is 1.88. The summed E-state index contributed by atoms with van der Waals surface area (Å²) < 4.78 is 10.9. The van der Waals surface area contributed by atoms with Gasteiger partial charge in [-0.05, 0) is 34.2 Å². The standard InChI is InChI=1S/C19H24O2/c1-19(2,3)17-8-6-7-15(18(17)21-5)13-14-9-11-16(20-4)12-10-14/h6-12H,13H2,1-5H3. The molecular weight excluding hydrogens is 260 g/mol. The molecule has 0 amide bonds. The zero-order valence-electron chi connectivity index (χ0n) is 13.6. The van der Waals surface area contributed by atoms with Gasteiger partial charge in [-0.1, -0.05) is 51.1 Å². The average molecular weight is 284 g/mol. The predicted molar refractivity (Wildman–Crippen MR) is 87.5 cm³/mol. The minimum Gasteiger partial charge on any atom is -0.497 e. The molecule has 0 unspecified atom stereocenters. The van der Waals surface area contributed by atoms with Crippen molar-refractivity contribution in [2.24, 2.45) is 0 Å². The highest BCUT2D eigenvalue weighted by molar-refractivity contribution is 5.47. The second-order valence-corrected chi connectivity index (χ2v) is 6.27. The van der Waals surface area contributed by atoms with Crippen LogP contribution in [0.1, 0.15) is 37.5 Å². The van der Waals surface area contributed by atoms with E-state index in [1.165, 1.54) is 16.7 Å². The molecule has 2 aromatic carbocycles. The van der Waals surface area contributed by atoms with Gasteiger partial charge < -0.3 is 9.47 Å². The first-order valence-corrected chi connectivity index (χ1v) is 7.25. The summed E-state index contributed by atoms with van der Waals surface area (Å²) in [6.07, 6.45) is 0.858. The SMILES string of the molecule is COc1ccc(Cc2cccc(C(C)(C)C)c2OC)cc1. The average Bonchev–Trinajstić information content (AvgIpc) is 2.47. The minimum absolute atomic E-state index is 0.0707. The van der Waals surface area contributed by atoms with Crippen LogP contribution in [-0.4, -0.2) is 14.2 Å². The van der Waals surface area contributed by atoms with Gasteiger partial charge in [-0.25, -0.2) is 0 Å². The lowest BCUT2D eigenvalue weighted by Crippen LogP contribution is -2.14. The maximum Gasteiger partial charge on any atom is 0.126 e. The highest BCUT2D eigenvalue weighted by Crippen LogP contribution is 2.35. The Kier molecular flexibility index (Phi) is 4.56. The third-order valence-electron chi connectivity index (χ3n) is 3.66. The van der Waals surface area contributed by atoms with Crippen molar-refractivity contribution in [1.29, 1.82) is 0 Å². The number of hydrogen-bond donors (Lipinski definition) is 0. The molecule has 2 aromatic rings. The Bertz CT molecular complexity index is 592. The molecule has 0 saturated heterocycles. The highest BCUT2D eigenvalue weighted by Gasteiger charge is 2.20. The smallest absolute Gasteiger partial charge is 0.126 e. The normalized spacial score (nSPS) is 11.3. The third-order valence-corrected chi connectivity index (χ3v) is 3.66. The van der Waals surface area contributed by atoms with E-state index in [2.05, 4.69) is 51.1 Å². The van der Waals surface area contributed by atoms with Crippen LogP contribution in [0.3, 0.4) is 0 Å². The Balaban J connectivity index is 2.35. The van der Waals surface area contributed by atoms with E-state index in [9.17, 15) is 0 Å². The number of ether oxygens (including phenoxy) is 2. The van der Waals surface area contributed by atoms with Crippen molar-refractivity contribution in [3.8, 4) is 11.5 Å². The summed E-state index contributed by atoms with van der Waals surface area (Å²) in [6, 6.07) is 14.6. The van der Waals surface area contributed by atoms with Crippen LogP contribution in [0.4, 0.5) is 0 Å². The van der Waals surface area contributed by atoms with Crippen LogP contribution in [0.15, 0.2) is 42.5 Å². The molecule has 21 heavy (non-hydrogen) atoms. The molecule has 0 bridgehead atoms. The second kappa shape index (κ2) is 6.21. The van der Waals surface area contributed by atoms with E-state index in [0.29, 0.717) is 0 Å². The van der Waals surface area contributed by atoms with Gasteiger partial charge in [-0.15, -0.1) is 0 Å². The molecule has 112 valence electrons. The van der Waals surface area contributed by atoms with Crippen molar-refractivity contribution in [1.82, 2.24) is 0 Å². The van der Waals surface area contributed by atoms with Gasteiger partial charge in [-0.3, -0.25) is 0 Å². The maximum absolute atomic E-state index is 5.70. The number of benzene rings is 2. The lowest BCUT2D eigenvalue weighted by atomic mass is 9.84. The highest BCUT2D eigenvalue weighted by atomic mass is 16.5. The molecule has 0 aliphatic carbocycles. The zero-order chi connectivity index (χ0) is 15.5. The molecule has 0 fully saturated rings. The quantitative estimate of drug-likeness (QED) is 0.817. The van der Waals surface area contributed by atoms with Crippen LogP contribution in [0.5, 0.6) is 11.5 Å². The first-order valence-electron chi connectivity index (χ1n) is 7.25. The topological polar surface area (TPSA) is 18.5 Å². The molecule has 0 heterocycles. The lowest BCUT2D eigenvalue weighted by molar-refractivity contribution is 0.393. The van der Waals surface area contributed by atoms with Crippen molar-refractivity contribution in [3.05, 3.63) is 59.2 Å². The van der Waals surface area contributed by atoms with E-state index < -0.39 is 0 Å². The van der Waals surface area contributed by atoms with Gasteiger partial charge in [-0.2, -0.15) is 0 Å². The molecule has 0 atom stereocenters. The summed E-state index contributed by atoms with van der Waals surface area (Å²) in [7, 11) is 3.44. The first kappa shape index (κ1) is 15.4. The summed E-state index contributed by atoms with van der Waals surface area (Å²) in [4.78, 5) is 0. The Labute approximate surface area is 127 Å². The molecule has 0 N–H and O–H groups in total. The van der Waals surface area contributed by atoms with Crippen LogP contribution >= 0.6 is 0 Å². The minimum atomic E-state index is 0.0707. The molecule has 0 aromatic heterocycles. The number of hydrogen-bond acceptors (Lipinski definition) is 2. The number of rotatable bonds is 4. The molecule has 2 nitrogen and oxygen atoms in total. The summed E-state index contributed by atoms with van der Waals surface area (Å²) in [5, 5.41) is 0. The zero-order valence-corrected chi connectivity index (χ0v) is 13.6. The van der Waals surface area contributed by atoms with Gasteiger partial charge in [0.05, 0.1) is 14.2 Å². The van der Waals surface area contributed by atoms with Crippen molar-refractivity contribution in [3.63, 3.8) is 0 Å². The van der Waals surface area contributed by atoms with Gasteiger partial charge in [0.25, 0.3) is 0 Å². The Morgan fingerprint density at radius 2 is 1.52 bits per heavy atom. The maximum atomic E-state index is 5.70. The largest absolute Gasteiger partial charge is 0.497 e. The van der Waals surface area contributed by atoms with Crippen molar-refractivity contribution in [2.75, 3.05) is 14.2 Å². The van der Waals surface area contributed by atoms with Crippen LogP contribution in [-0.2, 0) is 11.8 Å². The molecule has 0 aliphatic rings. The van der Waals surface area contributed by atoms with Gasteiger partial charge >= 0.3 is 0 Å². The van der Waals surface area contributed by atoms with Crippen molar-refractivity contribution < 1.29 is 9.47 Å². The van der Waals surface area contributed by atoms with Crippen LogP contribution in [0, 0.1) is 0 Å². The monoisotopic (exact) mass is 284 g/mol. The van der Waals surface area contributed by atoms with Gasteiger partial charge in [0.15, 0.2) is 0 Å². The molecule has 0 spiro atoms. The Morgan fingerprint density at radius 3 is 2.05 bits per heavy atom. The molecule has 0 radical (unpaired) electrons. The van der Waals surface area contributed by atoms with Crippen LogP contribution in [0.2, 0.25) is 0 Å². The third kappa shape index (κ3) is 3.57. The Morgan fingerprint density at radius 1 is 0.857 bits per heavy atom. The molecule has 0 saturated carbocycles. The van der Waals surface area contributed by atoms with E-state index in [4.69, 9.17) is 9.47 Å². The first-order chi connectivity index (χ1) is 9.95. The summed E-state index contributed by atoms with van der Waals surface area (Å²) >= 11 is 0. The molecule has 2 heteroatoms. The van der Waals surface area contributed by atoms with Gasteiger partial charge in [0.2, 0.25) is 0 Å². The Hall–Kier alpha value is -1.96. The van der Waals surface area contributed by atoms with E-state index in [-0.39, 0.29) is 5.41 Å². The fraction of sp³-hybridized carbons (Fsp3) is 0.368. The lowest BCUT2D eigenvalue weighted by Gasteiger charge is -2.24. The van der Waals surface area contributed by atoms with Crippen LogP contribution < -0.4 is 9.47 Å². The number of para-hydroxylation sites is 1. The number of methoxy groups -OCH3 is 2. The van der Waals surface area contributed by atoms with Gasteiger partial charge in [0, 0.05) is 6.42 Å². The van der Waals surface area contributed by atoms with Crippen molar-refractivity contribution >= 4 is 0 Å². The van der Waals surface area contributed by atoms with E-state index in [0.717, 1.165) is 17.9 Å². The summed E-state index contributed by atoms with van der Waals surface area (Å²) in [5.41, 5.74) is 3.78. The van der Waals surface area contributed by atoms with Crippen molar-refractivity contribution in [2.45, 2.75) is 32.6 Å². The second-order valence-electron chi connectivity index (χ2n) is 6.27. The van der Waals surface area contributed by atoms with Crippen LogP contribution in [0.25, 0.3) is 0 Å². The molecule has 0 aliphatic heterocycles. The fourth-order valence-corrected chi connectivity index (χ4v) is 2.52. The summed E-state index contributed by atoms with van der Waals surface area (Å²) in [6.45, 7) is 6.63. The van der Waals surface area contributed by atoms with Gasteiger partial charge in [0.1, 0.15) is 11.5 Å². The predicted octanol–water partition coefficient (Wildman–Crippen LogP) is 4.59. The molecule has 2 rings (SSSR count). The fourth-order valence-electron chi connectivity index (χ4n) is 2.52. The van der Waals surface area contributed by atoms with E-state index >= 15 is 0 Å². The molecular formula is C19H24O2. The van der Waals surface area contributed by atoms with E-state index in [1.54, 1.807) is 14.2 Å².